The van der Waals surface area contributed by atoms with E-state index in [1.807, 2.05) is 42.2 Å². The number of aromatic amines is 1. The fourth-order valence-electron chi connectivity index (χ4n) is 3.90. The summed E-state index contributed by atoms with van der Waals surface area (Å²) in [4.78, 5) is 18.4. The number of nitrogens with zero attached hydrogens (tertiary/aromatic N) is 1. The van der Waals surface area contributed by atoms with Crippen LogP contribution in [-0.4, -0.2) is 22.5 Å². The molecule has 3 aromatic rings. The van der Waals surface area contributed by atoms with Gasteiger partial charge in [0, 0.05) is 28.8 Å². The molecule has 25 heavy (non-hydrogen) atoms. The number of aryl methyl sites for hydroxylation is 1. The van der Waals surface area contributed by atoms with E-state index in [2.05, 4.69) is 35.4 Å². The predicted molar refractivity (Wildman–Crippen MR) is 102 cm³/mol. The Bertz CT molecular complexity index is 928. The van der Waals surface area contributed by atoms with Crippen LogP contribution in [0.2, 0.25) is 0 Å². The van der Waals surface area contributed by atoms with Gasteiger partial charge in [-0.3, -0.25) is 0 Å². The van der Waals surface area contributed by atoms with Crippen LogP contribution in [0, 0.1) is 6.92 Å². The van der Waals surface area contributed by atoms with E-state index in [1.165, 1.54) is 16.6 Å². The molecule has 4 heteroatoms. The zero-order valence-corrected chi connectivity index (χ0v) is 14.7. The quantitative estimate of drug-likeness (QED) is 0.680. The molecule has 1 aromatic heterocycles. The number of benzene rings is 2. The van der Waals surface area contributed by atoms with Gasteiger partial charge in [-0.25, -0.2) is 4.79 Å². The van der Waals surface area contributed by atoms with Crippen molar-refractivity contribution in [2.45, 2.75) is 32.7 Å². The lowest BCUT2D eigenvalue weighted by molar-refractivity contribution is 0.179. The standard InChI is InChI=1S/C21H23N3O/c1-3-19-20-17(16-9-4-5-10-18(16)23-20)11-12-24(19)21(25)22-15-8-6-7-14(2)13-15/h4-10,13,19,23H,3,11-12H2,1-2H3,(H,22,25)/t19-/m0/s1. The van der Waals surface area contributed by atoms with Gasteiger partial charge in [-0.05, 0) is 49.1 Å². The van der Waals surface area contributed by atoms with E-state index in [9.17, 15) is 4.79 Å². The number of aromatic nitrogens is 1. The lowest BCUT2D eigenvalue weighted by atomic mass is 9.96. The van der Waals surface area contributed by atoms with Gasteiger partial charge in [0.2, 0.25) is 0 Å². The van der Waals surface area contributed by atoms with Crippen LogP contribution in [0.25, 0.3) is 10.9 Å². The van der Waals surface area contributed by atoms with Crippen molar-refractivity contribution in [2.75, 3.05) is 11.9 Å². The number of nitrogens with one attached hydrogen (secondary N) is 2. The van der Waals surface area contributed by atoms with E-state index in [1.54, 1.807) is 0 Å². The predicted octanol–water partition coefficient (Wildman–Crippen LogP) is 5.02. The monoisotopic (exact) mass is 333 g/mol. The summed E-state index contributed by atoms with van der Waals surface area (Å²) in [5, 5.41) is 4.34. The van der Waals surface area contributed by atoms with Crippen LogP contribution >= 0.6 is 0 Å². The molecule has 0 unspecified atom stereocenters. The molecule has 2 amide bonds. The van der Waals surface area contributed by atoms with E-state index < -0.39 is 0 Å². The van der Waals surface area contributed by atoms with Crippen molar-refractivity contribution in [2.24, 2.45) is 0 Å². The molecule has 0 fully saturated rings. The number of rotatable bonds is 2. The van der Waals surface area contributed by atoms with Crippen molar-refractivity contribution in [1.82, 2.24) is 9.88 Å². The molecule has 2 aromatic carbocycles. The van der Waals surface area contributed by atoms with Gasteiger partial charge in [-0.1, -0.05) is 37.3 Å². The molecule has 0 aliphatic carbocycles. The van der Waals surface area contributed by atoms with Crippen molar-refractivity contribution >= 4 is 22.6 Å². The number of carbonyl (C=O) groups excluding carboxylic acids is 1. The van der Waals surface area contributed by atoms with Gasteiger partial charge < -0.3 is 15.2 Å². The molecule has 0 bridgehead atoms. The Morgan fingerprint density at radius 2 is 2.08 bits per heavy atom. The summed E-state index contributed by atoms with van der Waals surface area (Å²) in [6.45, 7) is 4.91. The van der Waals surface area contributed by atoms with Crippen molar-refractivity contribution in [3.05, 3.63) is 65.4 Å². The second-order valence-corrected chi connectivity index (χ2v) is 6.73. The molecule has 0 radical (unpaired) electrons. The molecule has 0 saturated heterocycles. The van der Waals surface area contributed by atoms with E-state index in [0.29, 0.717) is 0 Å². The van der Waals surface area contributed by atoms with Crippen LogP contribution in [0.5, 0.6) is 0 Å². The zero-order chi connectivity index (χ0) is 17.4. The first-order chi connectivity index (χ1) is 12.2. The van der Waals surface area contributed by atoms with Crippen LogP contribution in [0.15, 0.2) is 48.5 Å². The number of para-hydroxylation sites is 1. The van der Waals surface area contributed by atoms with Crippen LogP contribution in [0.1, 0.15) is 36.2 Å². The largest absolute Gasteiger partial charge is 0.356 e. The van der Waals surface area contributed by atoms with E-state index in [0.717, 1.165) is 36.2 Å². The smallest absolute Gasteiger partial charge is 0.322 e. The Morgan fingerprint density at radius 1 is 1.24 bits per heavy atom. The highest BCUT2D eigenvalue weighted by molar-refractivity contribution is 5.91. The topological polar surface area (TPSA) is 48.1 Å². The fraction of sp³-hybridized carbons (Fsp3) is 0.286. The highest BCUT2D eigenvalue weighted by atomic mass is 16.2. The highest BCUT2D eigenvalue weighted by Gasteiger charge is 2.32. The Balaban J connectivity index is 1.64. The molecule has 1 aliphatic rings. The first kappa shape index (κ1) is 15.8. The van der Waals surface area contributed by atoms with Crippen LogP contribution in [0.4, 0.5) is 10.5 Å². The minimum absolute atomic E-state index is 0.0262. The Hall–Kier alpha value is -2.75. The van der Waals surface area contributed by atoms with E-state index in [-0.39, 0.29) is 12.1 Å². The third-order valence-electron chi connectivity index (χ3n) is 5.08. The van der Waals surface area contributed by atoms with Crippen molar-refractivity contribution in [3.8, 4) is 0 Å². The summed E-state index contributed by atoms with van der Waals surface area (Å²) < 4.78 is 0. The summed E-state index contributed by atoms with van der Waals surface area (Å²) in [5.74, 6) is 0. The normalized spacial score (nSPS) is 16.7. The SMILES string of the molecule is CC[C@H]1c2[nH]c3ccccc3c2CCN1C(=O)Nc1cccc(C)c1. The van der Waals surface area contributed by atoms with Gasteiger partial charge >= 0.3 is 6.03 Å². The number of hydrogen-bond donors (Lipinski definition) is 2. The maximum absolute atomic E-state index is 12.9. The second-order valence-electron chi connectivity index (χ2n) is 6.73. The highest BCUT2D eigenvalue weighted by Crippen LogP contribution is 2.36. The average molecular weight is 333 g/mol. The van der Waals surface area contributed by atoms with Gasteiger partial charge in [0.05, 0.1) is 6.04 Å². The van der Waals surface area contributed by atoms with Crippen molar-refractivity contribution in [3.63, 3.8) is 0 Å². The van der Waals surface area contributed by atoms with Gasteiger partial charge in [0.25, 0.3) is 0 Å². The molecule has 0 saturated carbocycles. The summed E-state index contributed by atoms with van der Waals surface area (Å²) in [6.07, 6.45) is 1.78. The number of amides is 2. The molecule has 0 spiro atoms. The average Bonchev–Trinajstić information content (AvgIpc) is 2.99. The number of H-pyrrole nitrogens is 1. The number of anilines is 1. The number of fused-ring (bicyclic) bond motifs is 3. The summed E-state index contributed by atoms with van der Waals surface area (Å²) in [7, 11) is 0. The summed E-state index contributed by atoms with van der Waals surface area (Å²) in [5.41, 5.74) is 5.70. The first-order valence-corrected chi connectivity index (χ1v) is 8.91. The zero-order valence-electron chi connectivity index (χ0n) is 14.7. The Morgan fingerprint density at radius 3 is 2.88 bits per heavy atom. The molecule has 1 atom stereocenters. The summed E-state index contributed by atoms with van der Waals surface area (Å²) in [6, 6.07) is 16.4. The fourth-order valence-corrected chi connectivity index (χ4v) is 3.90. The van der Waals surface area contributed by atoms with Crippen LogP contribution < -0.4 is 5.32 Å². The van der Waals surface area contributed by atoms with Gasteiger partial charge in [0.1, 0.15) is 0 Å². The maximum atomic E-state index is 12.9. The lowest BCUT2D eigenvalue weighted by Gasteiger charge is -2.35. The lowest BCUT2D eigenvalue weighted by Crippen LogP contribution is -2.42. The molecule has 4 nitrogen and oxygen atoms in total. The van der Waals surface area contributed by atoms with Crippen LogP contribution in [-0.2, 0) is 6.42 Å². The third kappa shape index (κ3) is 2.78. The third-order valence-corrected chi connectivity index (χ3v) is 5.08. The molecule has 1 aliphatic heterocycles. The minimum atomic E-state index is -0.0262. The van der Waals surface area contributed by atoms with E-state index in [4.69, 9.17) is 0 Å². The first-order valence-electron chi connectivity index (χ1n) is 8.91. The number of carbonyl (C=O) groups is 1. The van der Waals surface area contributed by atoms with E-state index >= 15 is 0 Å². The Labute approximate surface area is 147 Å². The molecule has 128 valence electrons. The number of hydrogen-bond acceptors (Lipinski definition) is 1. The van der Waals surface area contributed by atoms with Gasteiger partial charge in [-0.15, -0.1) is 0 Å². The maximum Gasteiger partial charge on any atom is 0.322 e. The van der Waals surface area contributed by atoms with Gasteiger partial charge in [0.15, 0.2) is 0 Å². The Kier molecular flexibility index (Phi) is 3.96. The van der Waals surface area contributed by atoms with Crippen LogP contribution in [0.3, 0.4) is 0 Å². The summed E-state index contributed by atoms with van der Waals surface area (Å²) >= 11 is 0. The molecular weight excluding hydrogens is 310 g/mol. The molecule has 4 rings (SSSR count). The molecule has 2 N–H and O–H groups in total. The minimum Gasteiger partial charge on any atom is -0.356 e. The van der Waals surface area contributed by atoms with Crippen molar-refractivity contribution < 1.29 is 4.79 Å². The van der Waals surface area contributed by atoms with Gasteiger partial charge in [-0.2, -0.15) is 0 Å². The molecule has 2 heterocycles. The molecular formula is C21H23N3O. The second kappa shape index (κ2) is 6.28. The number of urea groups is 1. The van der Waals surface area contributed by atoms with Crippen molar-refractivity contribution in [1.29, 1.82) is 0 Å².